The lowest BCUT2D eigenvalue weighted by Crippen LogP contribution is -2.21. The maximum absolute atomic E-state index is 14.6. The molecule has 3 aromatic rings. The molecule has 1 saturated carbocycles. The van der Waals surface area contributed by atoms with Gasteiger partial charge in [0.15, 0.2) is 5.69 Å². The number of carbonyl (C=O) groups excluding carboxylic acids is 1. The first-order chi connectivity index (χ1) is 17.2. The highest BCUT2D eigenvalue weighted by atomic mass is 32.2. The normalized spacial score (nSPS) is 15.8. The van der Waals surface area contributed by atoms with Crippen LogP contribution in [0, 0.1) is 29.0 Å². The molecule has 0 aliphatic heterocycles. The van der Waals surface area contributed by atoms with Crippen molar-refractivity contribution in [1.82, 2.24) is 15.2 Å². The number of carbonyl (C=O) groups is 1. The fraction of sp³-hybridized carbons (Fsp3) is 0.261. The van der Waals surface area contributed by atoms with Crippen molar-refractivity contribution in [3.8, 4) is 17.8 Å². The predicted molar refractivity (Wildman–Crippen MR) is 122 cm³/mol. The molecule has 192 valence electrons. The second-order valence-electron chi connectivity index (χ2n) is 8.46. The smallest absolute Gasteiger partial charge is 0.418 e. The van der Waals surface area contributed by atoms with Crippen LogP contribution in [0.1, 0.15) is 40.0 Å². The number of hydrogen-bond acceptors (Lipinski definition) is 8. The maximum Gasteiger partial charge on any atom is 0.435 e. The van der Waals surface area contributed by atoms with E-state index in [0.29, 0.717) is 12.8 Å². The molecule has 1 aliphatic rings. The zero-order valence-electron chi connectivity index (χ0n) is 19.3. The number of hydrogen-bond donors (Lipinski definition) is 2. The minimum atomic E-state index is -4.94. The Kier molecular flexibility index (Phi) is 6.37. The van der Waals surface area contributed by atoms with Gasteiger partial charge in [0.1, 0.15) is 5.56 Å². The van der Waals surface area contributed by atoms with Crippen LogP contribution in [0.4, 0.5) is 23.2 Å². The van der Waals surface area contributed by atoms with Gasteiger partial charge in [0.2, 0.25) is 11.8 Å². The summed E-state index contributed by atoms with van der Waals surface area (Å²) in [5, 5.41) is 18.2. The second kappa shape index (κ2) is 9.07. The number of nitrogens with one attached hydrogen (secondary N) is 2. The zero-order valence-corrected chi connectivity index (χ0v) is 20.1. The van der Waals surface area contributed by atoms with Gasteiger partial charge < -0.3 is 10.1 Å². The van der Waals surface area contributed by atoms with E-state index in [1.165, 1.54) is 42.7 Å². The molecule has 0 spiro atoms. The maximum atomic E-state index is 14.6. The van der Waals surface area contributed by atoms with E-state index < -0.39 is 61.8 Å². The molecule has 2 aromatic heterocycles. The number of ether oxygens (including phenoxy) is 1. The number of pyridine rings is 1. The third-order valence-corrected chi connectivity index (χ3v) is 6.88. The first-order valence-electron chi connectivity index (χ1n) is 10.6. The van der Waals surface area contributed by atoms with E-state index in [4.69, 9.17) is 9.52 Å². The molecular formula is C23H18F4N6O3S. The summed E-state index contributed by atoms with van der Waals surface area (Å²) in [7, 11) is -3.14. The number of alkyl halides is 3. The van der Waals surface area contributed by atoms with Crippen molar-refractivity contribution < 1.29 is 31.3 Å². The van der Waals surface area contributed by atoms with E-state index in [9.17, 15) is 31.8 Å². The van der Waals surface area contributed by atoms with Crippen LogP contribution in [0.15, 0.2) is 41.3 Å². The number of amides is 1. The van der Waals surface area contributed by atoms with Gasteiger partial charge in [-0.3, -0.25) is 4.79 Å². The predicted octanol–water partition coefficient (Wildman–Crippen LogP) is 4.97. The summed E-state index contributed by atoms with van der Waals surface area (Å²) in [5.41, 5.74) is -3.53. The Balaban J connectivity index is 1.73. The molecule has 1 amide bonds. The first-order valence-corrected chi connectivity index (χ1v) is 12.6. The van der Waals surface area contributed by atoms with Crippen LogP contribution in [0.25, 0.3) is 0 Å². The molecule has 2 N–H and O–H groups in total. The quantitative estimate of drug-likeness (QED) is 0.336. The van der Waals surface area contributed by atoms with E-state index in [0.717, 1.165) is 6.92 Å². The molecule has 0 radical (unpaired) electrons. The van der Waals surface area contributed by atoms with E-state index in [1.807, 2.05) is 6.07 Å². The molecule has 0 bridgehead atoms. The molecule has 1 aromatic carbocycles. The summed E-state index contributed by atoms with van der Waals surface area (Å²) >= 11 is 0. The van der Waals surface area contributed by atoms with E-state index >= 15 is 0 Å². The van der Waals surface area contributed by atoms with Gasteiger partial charge in [-0.05, 0) is 49.6 Å². The monoisotopic (exact) mass is 534 g/mol. The number of aromatic nitrogens is 3. The fourth-order valence-electron chi connectivity index (χ4n) is 3.61. The van der Waals surface area contributed by atoms with Gasteiger partial charge in [-0.2, -0.15) is 27.8 Å². The highest BCUT2D eigenvalue weighted by molar-refractivity contribution is 7.91. The number of rotatable bonds is 6. The summed E-state index contributed by atoms with van der Waals surface area (Å²) in [6, 6.07) is 9.99. The number of nitrogens with zero attached hydrogens (tertiary/aromatic N) is 4. The molecule has 9 nitrogen and oxygen atoms in total. The molecule has 4 rings (SSSR count). The number of anilines is 1. The highest BCUT2D eigenvalue weighted by Crippen LogP contribution is 2.48. The second-order valence-corrected chi connectivity index (χ2v) is 10.6. The van der Waals surface area contributed by atoms with Crippen LogP contribution in [0.3, 0.4) is 0 Å². The van der Waals surface area contributed by atoms with Crippen molar-refractivity contribution in [3.05, 3.63) is 64.7 Å². The average molecular weight is 534 g/mol. The third-order valence-electron chi connectivity index (χ3n) is 5.73. The number of benzene rings is 1. The van der Waals surface area contributed by atoms with Gasteiger partial charge in [-0.1, -0.05) is 6.07 Å². The van der Waals surface area contributed by atoms with E-state index in [2.05, 4.69) is 20.5 Å². The van der Waals surface area contributed by atoms with Crippen molar-refractivity contribution in [2.45, 2.75) is 36.3 Å². The summed E-state index contributed by atoms with van der Waals surface area (Å²) in [5.74, 6) is -3.15. The molecule has 1 aliphatic carbocycles. The molecule has 2 heterocycles. The Labute approximate surface area is 208 Å². The lowest BCUT2D eigenvalue weighted by Gasteiger charge is -2.16. The van der Waals surface area contributed by atoms with E-state index in [-0.39, 0.29) is 16.1 Å². The summed E-state index contributed by atoms with van der Waals surface area (Å²) < 4.78 is 80.2. The molecule has 0 saturated heterocycles. The third kappa shape index (κ3) is 5.21. The van der Waals surface area contributed by atoms with Crippen LogP contribution in [0.5, 0.6) is 11.8 Å². The lowest BCUT2D eigenvalue weighted by molar-refractivity contribution is -0.142. The topological polar surface area (TPSA) is 142 Å². The van der Waals surface area contributed by atoms with Gasteiger partial charge in [0.05, 0.1) is 21.2 Å². The molecule has 1 fully saturated rings. The summed E-state index contributed by atoms with van der Waals surface area (Å²) in [6.07, 6.45) is -2.84. The van der Waals surface area contributed by atoms with Gasteiger partial charge >= 0.3 is 6.18 Å². The van der Waals surface area contributed by atoms with Crippen molar-refractivity contribution in [1.29, 1.82) is 10.0 Å². The van der Waals surface area contributed by atoms with E-state index in [1.54, 1.807) is 0 Å². The molecule has 14 heteroatoms. The Morgan fingerprint density at radius 1 is 1.24 bits per heavy atom. The molecule has 37 heavy (non-hydrogen) atoms. The Bertz CT molecular complexity index is 1560. The Morgan fingerprint density at radius 2 is 1.95 bits per heavy atom. The highest BCUT2D eigenvalue weighted by Gasteiger charge is 2.47. The molecular weight excluding hydrogens is 516 g/mol. The molecule has 1 atom stereocenters. The van der Waals surface area contributed by atoms with Crippen LogP contribution in [0.2, 0.25) is 0 Å². The fourth-order valence-corrected chi connectivity index (χ4v) is 4.30. The van der Waals surface area contributed by atoms with Crippen molar-refractivity contribution in [2.24, 2.45) is 0 Å². The van der Waals surface area contributed by atoms with Crippen LogP contribution < -0.4 is 10.1 Å². The number of nitriles is 1. The zero-order chi connectivity index (χ0) is 27.2. The minimum Gasteiger partial charge on any atom is -0.418 e. The average Bonchev–Trinajstić information content (AvgIpc) is 3.59. The van der Waals surface area contributed by atoms with Crippen LogP contribution in [-0.2, 0) is 21.3 Å². The van der Waals surface area contributed by atoms with Gasteiger partial charge in [0, 0.05) is 28.5 Å². The first kappa shape index (κ1) is 26.0. The van der Waals surface area contributed by atoms with Crippen LogP contribution >= 0.6 is 0 Å². The number of halogens is 4. The Morgan fingerprint density at radius 3 is 2.51 bits per heavy atom. The van der Waals surface area contributed by atoms with Crippen molar-refractivity contribution in [3.63, 3.8) is 0 Å². The van der Waals surface area contributed by atoms with Gasteiger partial charge in [-0.15, -0.1) is 10.2 Å². The lowest BCUT2D eigenvalue weighted by atomic mass is 9.99. The SMILES string of the molecule is Cc1c(C(F)(F)F)nnc(Oc2ccc(C3(C#N)CC3)c(F)n2)c1C(=O)Nc1cccc(S(C)(=N)=O)c1. The van der Waals surface area contributed by atoms with Crippen molar-refractivity contribution >= 4 is 21.3 Å². The summed E-state index contributed by atoms with van der Waals surface area (Å²) in [6.45, 7) is 0.999. The summed E-state index contributed by atoms with van der Waals surface area (Å²) in [4.78, 5) is 16.8. The standard InChI is InChI=1S/C23H18F4N6O3S/c1-12-17(20(34)30-13-4-3-5-14(10-13)37(2,29)35)21(33-32-18(12)23(25,26)27)36-16-7-6-15(19(24)31-16)22(11-28)8-9-22/h3-7,10,29H,8-9H2,1-2H3,(H,30,34). The van der Waals surface area contributed by atoms with Gasteiger partial charge in [-0.25, -0.2) is 8.99 Å². The minimum absolute atomic E-state index is 0.0554. The van der Waals surface area contributed by atoms with Gasteiger partial charge in [0.25, 0.3) is 11.8 Å². The van der Waals surface area contributed by atoms with Crippen LogP contribution in [-0.4, -0.2) is 31.6 Å². The molecule has 1 unspecified atom stereocenters. The largest absolute Gasteiger partial charge is 0.435 e. The Hall–Kier alpha value is -4.12. The van der Waals surface area contributed by atoms with Crippen molar-refractivity contribution in [2.75, 3.05) is 11.6 Å².